The van der Waals surface area contributed by atoms with Gasteiger partial charge >= 0.3 is 6.18 Å². The van der Waals surface area contributed by atoms with Crippen molar-refractivity contribution in [1.29, 1.82) is 0 Å². The van der Waals surface area contributed by atoms with E-state index in [1.165, 1.54) is 28.4 Å². The van der Waals surface area contributed by atoms with Gasteiger partial charge in [-0.3, -0.25) is 14.5 Å². The van der Waals surface area contributed by atoms with Gasteiger partial charge in [0.15, 0.2) is 0 Å². The van der Waals surface area contributed by atoms with E-state index in [1.807, 2.05) is 0 Å². The number of carbonyl (C=O) groups excluding carboxylic acids is 2. The van der Waals surface area contributed by atoms with Crippen molar-refractivity contribution in [3.05, 3.63) is 81.3 Å². The molecule has 0 N–H and O–H groups in total. The standard InChI is InChI=1S/C21H15F3N2O3S/c22-21(23,24)13-4-3-5-15(10-13)29-11-18-25-14(12-30-18)8-9-26-19(27)16-6-1-2-7-17(16)20(26)28/h1-7,10,12H,8-9,11H2. The van der Waals surface area contributed by atoms with Crippen molar-refractivity contribution in [3.8, 4) is 5.75 Å². The first-order valence-corrected chi connectivity index (χ1v) is 9.89. The summed E-state index contributed by atoms with van der Waals surface area (Å²) in [6.45, 7) is 0.225. The molecule has 9 heteroatoms. The monoisotopic (exact) mass is 432 g/mol. The van der Waals surface area contributed by atoms with E-state index < -0.39 is 11.7 Å². The third kappa shape index (κ3) is 4.06. The lowest BCUT2D eigenvalue weighted by molar-refractivity contribution is -0.137. The van der Waals surface area contributed by atoms with Crippen LogP contribution in [-0.4, -0.2) is 28.2 Å². The Labute approximate surface area is 173 Å². The van der Waals surface area contributed by atoms with Gasteiger partial charge in [-0.2, -0.15) is 13.2 Å². The molecule has 3 aromatic rings. The van der Waals surface area contributed by atoms with Gasteiger partial charge in [0.2, 0.25) is 0 Å². The van der Waals surface area contributed by atoms with Crippen LogP contribution in [0.4, 0.5) is 13.2 Å². The summed E-state index contributed by atoms with van der Waals surface area (Å²) in [7, 11) is 0. The molecular weight excluding hydrogens is 417 g/mol. The molecule has 1 aliphatic heterocycles. The molecule has 1 aliphatic rings. The van der Waals surface area contributed by atoms with E-state index in [2.05, 4.69) is 4.98 Å². The summed E-state index contributed by atoms with van der Waals surface area (Å²) in [5.41, 5.74) is 0.701. The number of aromatic nitrogens is 1. The van der Waals surface area contributed by atoms with Gasteiger partial charge in [0.1, 0.15) is 17.4 Å². The largest absolute Gasteiger partial charge is 0.486 e. The number of amides is 2. The van der Waals surface area contributed by atoms with Crippen LogP contribution in [-0.2, 0) is 19.2 Å². The normalized spacial score (nSPS) is 13.6. The molecule has 0 radical (unpaired) electrons. The molecule has 5 nitrogen and oxygen atoms in total. The Morgan fingerprint density at radius 2 is 1.70 bits per heavy atom. The highest BCUT2D eigenvalue weighted by molar-refractivity contribution is 7.09. The molecule has 1 aromatic heterocycles. The van der Waals surface area contributed by atoms with E-state index in [-0.39, 0.29) is 30.7 Å². The number of carbonyl (C=O) groups is 2. The van der Waals surface area contributed by atoms with Crippen LogP contribution in [0.2, 0.25) is 0 Å². The van der Waals surface area contributed by atoms with Crippen LogP contribution in [0.15, 0.2) is 53.9 Å². The fourth-order valence-corrected chi connectivity index (χ4v) is 3.85. The zero-order valence-electron chi connectivity index (χ0n) is 15.5. The number of hydrogen-bond acceptors (Lipinski definition) is 5. The average molecular weight is 432 g/mol. The molecule has 0 fully saturated rings. The number of alkyl halides is 3. The number of halogens is 3. The number of thiazole rings is 1. The lowest BCUT2D eigenvalue weighted by Crippen LogP contribution is -2.31. The highest BCUT2D eigenvalue weighted by Gasteiger charge is 2.34. The molecule has 0 saturated carbocycles. The number of fused-ring (bicyclic) bond motifs is 1. The highest BCUT2D eigenvalue weighted by atomic mass is 32.1. The maximum absolute atomic E-state index is 12.8. The topological polar surface area (TPSA) is 59.5 Å². The second-order valence-corrected chi connectivity index (χ2v) is 7.55. The summed E-state index contributed by atoms with van der Waals surface area (Å²) in [6.07, 6.45) is -4.05. The van der Waals surface area contributed by atoms with Gasteiger partial charge in [0.25, 0.3) is 11.8 Å². The molecule has 2 heterocycles. The summed E-state index contributed by atoms with van der Waals surface area (Å²) < 4.78 is 43.7. The second-order valence-electron chi connectivity index (χ2n) is 6.60. The van der Waals surface area contributed by atoms with Crippen molar-refractivity contribution in [1.82, 2.24) is 9.88 Å². The summed E-state index contributed by atoms with van der Waals surface area (Å²) in [5.74, 6) is -0.537. The van der Waals surface area contributed by atoms with Gasteiger partial charge < -0.3 is 4.74 Å². The van der Waals surface area contributed by atoms with Gasteiger partial charge in [0.05, 0.1) is 22.4 Å². The first-order valence-electron chi connectivity index (χ1n) is 9.01. The zero-order chi connectivity index (χ0) is 21.3. The van der Waals surface area contributed by atoms with Crippen LogP contribution in [0.1, 0.15) is 37.0 Å². The molecule has 0 bridgehead atoms. The van der Waals surface area contributed by atoms with E-state index in [1.54, 1.807) is 29.6 Å². The molecule has 0 aliphatic carbocycles. The molecule has 2 amide bonds. The van der Waals surface area contributed by atoms with Gasteiger partial charge in [-0.15, -0.1) is 11.3 Å². The first-order chi connectivity index (χ1) is 14.3. The second kappa shape index (κ2) is 7.91. The van der Waals surface area contributed by atoms with E-state index in [0.717, 1.165) is 12.1 Å². The minimum atomic E-state index is -4.43. The number of benzene rings is 2. The predicted molar refractivity (Wildman–Crippen MR) is 103 cm³/mol. The lowest BCUT2D eigenvalue weighted by Gasteiger charge is -2.12. The number of ether oxygens (including phenoxy) is 1. The van der Waals surface area contributed by atoms with Crippen molar-refractivity contribution >= 4 is 23.2 Å². The van der Waals surface area contributed by atoms with Crippen molar-refractivity contribution in [2.75, 3.05) is 6.54 Å². The maximum atomic E-state index is 12.8. The number of imide groups is 1. The molecule has 0 unspecified atom stereocenters. The van der Waals surface area contributed by atoms with E-state index in [9.17, 15) is 22.8 Å². The molecule has 30 heavy (non-hydrogen) atoms. The predicted octanol–water partition coefficient (Wildman–Crippen LogP) is 4.58. The van der Waals surface area contributed by atoms with Crippen molar-refractivity contribution in [2.24, 2.45) is 0 Å². The van der Waals surface area contributed by atoms with Gasteiger partial charge in [0, 0.05) is 18.3 Å². The summed E-state index contributed by atoms with van der Waals surface area (Å²) in [5, 5.41) is 2.37. The summed E-state index contributed by atoms with van der Waals surface area (Å²) >= 11 is 1.30. The number of nitrogens with zero attached hydrogens (tertiary/aromatic N) is 2. The fraction of sp³-hybridized carbons (Fsp3) is 0.190. The van der Waals surface area contributed by atoms with E-state index in [0.29, 0.717) is 28.2 Å². The molecule has 0 atom stereocenters. The quantitative estimate of drug-likeness (QED) is 0.535. The smallest absolute Gasteiger partial charge is 0.416 e. The highest BCUT2D eigenvalue weighted by Crippen LogP contribution is 2.31. The molecule has 154 valence electrons. The molecular formula is C21H15F3N2O3S. The summed E-state index contributed by atoms with van der Waals surface area (Å²) in [6, 6.07) is 11.3. The fourth-order valence-electron chi connectivity index (χ4n) is 3.11. The Hall–Kier alpha value is -3.20. The third-order valence-electron chi connectivity index (χ3n) is 4.59. The minimum absolute atomic E-state index is 0.0268. The van der Waals surface area contributed by atoms with Crippen molar-refractivity contribution in [3.63, 3.8) is 0 Å². The lowest BCUT2D eigenvalue weighted by atomic mass is 10.1. The number of hydrogen-bond donors (Lipinski definition) is 0. The van der Waals surface area contributed by atoms with Crippen molar-refractivity contribution < 1.29 is 27.5 Å². The third-order valence-corrected chi connectivity index (χ3v) is 5.46. The SMILES string of the molecule is O=C1c2ccccc2C(=O)N1CCc1csc(COc2cccc(C(F)(F)F)c2)n1. The molecule has 4 rings (SSSR count). The first kappa shape index (κ1) is 20.1. The Kier molecular flexibility index (Phi) is 5.29. The molecule has 0 saturated heterocycles. The Balaban J connectivity index is 1.34. The van der Waals surface area contributed by atoms with E-state index in [4.69, 9.17) is 4.74 Å². The summed E-state index contributed by atoms with van der Waals surface area (Å²) in [4.78, 5) is 30.3. The van der Waals surface area contributed by atoms with E-state index >= 15 is 0 Å². The molecule has 0 spiro atoms. The zero-order valence-corrected chi connectivity index (χ0v) is 16.3. The Bertz CT molecular complexity index is 1080. The van der Waals surface area contributed by atoms with Crippen LogP contribution in [0, 0.1) is 0 Å². The molecule has 2 aromatic carbocycles. The van der Waals surface area contributed by atoms with Crippen LogP contribution >= 0.6 is 11.3 Å². The van der Waals surface area contributed by atoms with Crippen LogP contribution in [0.5, 0.6) is 5.75 Å². The maximum Gasteiger partial charge on any atom is 0.416 e. The van der Waals surface area contributed by atoms with Crippen LogP contribution < -0.4 is 4.74 Å². The van der Waals surface area contributed by atoms with Gasteiger partial charge in [-0.25, -0.2) is 4.98 Å². The Morgan fingerprint density at radius 1 is 1.00 bits per heavy atom. The minimum Gasteiger partial charge on any atom is -0.486 e. The number of rotatable bonds is 6. The van der Waals surface area contributed by atoms with Gasteiger partial charge in [-0.1, -0.05) is 18.2 Å². The van der Waals surface area contributed by atoms with Crippen LogP contribution in [0.25, 0.3) is 0 Å². The Morgan fingerprint density at radius 3 is 2.37 bits per heavy atom. The van der Waals surface area contributed by atoms with Crippen molar-refractivity contribution in [2.45, 2.75) is 19.2 Å². The van der Waals surface area contributed by atoms with Crippen LogP contribution in [0.3, 0.4) is 0 Å². The average Bonchev–Trinajstić information content (AvgIpc) is 3.28. The van der Waals surface area contributed by atoms with Gasteiger partial charge in [-0.05, 0) is 30.3 Å².